The Labute approximate surface area is 157 Å². The molecule has 0 aliphatic carbocycles. The molecule has 0 spiro atoms. The van der Waals surface area contributed by atoms with Crippen molar-refractivity contribution in [3.8, 4) is 0 Å². The van der Waals surface area contributed by atoms with Crippen LogP contribution in [-0.4, -0.2) is 50.2 Å². The van der Waals surface area contributed by atoms with Crippen LogP contribution >= 0.6 is 0 Å². The Morgan fingerprint density at radius 3 is 2.67 bits per heavy atom. The zero-order chi connectivity index (χ0) is 18.6. The second kappa shape index (κ2) is 7.85. The summed E-state index contributed by atoms with van der Waals surface area (Å²) >= 11 is 0. The van der Waals surface area contributed by atoms with Crippen LogP contribution in [-0.2, 0) is 6.54 Å². The second-order valence-electron chi connectivity index (χ2n) is 6.99. The van der Waals surface area contributed by atoms with Gasteiger partial charge in [0.2, 0.25) is 0 Å². The van der Waals surface area contributed by atoms with E-state index >= 15 is 0 Å². The van der Waals surface area contributed by atoms with Gasteiger partial charge < -0.3 is 10.4 Å². The Morgan fingerprint density at radius 2 is 1.93 bits per heavy atom. The molecule has 2 aromatic heterocycles. The van der Waals surface area contributed by atoms with Gasteiger partial charge in [0.1, 0.15) is 0 Å². The molecule has 1 amide bonds. The number of amides is 1. The minimum absolute atomic E-state index is 0.250. The Hall–Kier alpha value is -2.77. The van der Waals surface area contributed by atoms with Crippen molar-refractivity contribution in [1.82, 2.24) is 19.5 Å². The molecule has 2 N–H and O–H groups in total. The van der Waals surface area contributed by atoms with Crippen molar-refractivity contribution in [2.45, 2.75) is 19.4 Å². The second-order valence-corrected chi connectivity index (χ2v) is 6.99. The Kier molecular flexibility index (Phi) is 5.13. The minimum Gasteiger partial charge on any atom is -0.396 e. The van der Waals surface area contributed by atoms with Gasteiger partial charge >= 0.3 is 0 Å². The lowest BCUT2D eigenvalue weighted by atomic mass is 9.97. The quantitative estimate of drug-likeness (QED) is 0.724. The van der Waals surface area contributed by atoms with Gasteiger partial charge in [-0.3, -0.25) is 9.69 Å². The summed E-state index contributed by atoms with van der Waals surface area (Å²) < 4.78 is 1.63. The lowest BCUT2D eigenvalue weighted by Crippen LogP contribution is -2.34. The number of nitrogens with one attached hydrogen (secondary N) is 1. The fraction of sp³-hybridized carbons (Fsp3) is 0.350. The molecule has 1 saturated heterocycles. The molecule has 27 heavy (non-hydrogen) atoms. The SMILES string of the molecule is O=C(Nc1ccc(CN2CCC(CO)CC2)cc1)c1nccn2nccc12. The van der Waals surface area contributed by atoms with Crippen molar-refractivity contribution in [3.63, 3.8) is 0 Å². The molecular weight excluding hydrogens is 342 g/mol. The number of likely N-dealkylation sites (tertiary alicyclic amines) is 1. The molecule has 1 aromatic carbocycles. The standard InChI is InChI=1S/C20H23N5O2/c26-14-16-6-10-24(11-7-16)13-15-1-3-17(4-2-15)23-20(27)19-18-5-8-22-25(18)12-9-21-19/h1-5,8-9,12,16,26H,6-7,10-11,13-14H2,(H,23,27). The summed E-state index contributed by atoms with van der Waals surface area (Å²) in [5.74, 6) is 0.201. The number of carbonyl (C=O) groups is 1. The van der Waals surface area contributed by atoms with Crippen LogP contribution in [0.3, 0.4) is 0 Å². The normalized spacial score (nSPS) is 15.9. The minimum atomic E-state index is -0.250. The molecule has 0 atom stereocenters. The van der Waals surface area contributed by atoms with Gasteiger partial charge in [-0.15, -0.1) is 0 Å². The first-order valence-corrected chi connectivity index (χ1v) is 9.25. The zero-order valence-corrected chi connectivity index (χ0v) is 15.1. The molecule has 7 nitrogen and oxygen atoms in total. The van der Waals surface area contributed by atoms with Gasteiger partial charge in [0, 0.05) is 31.2 Å². The Morgan fingerprint density at radius 1 is 1.15 bits per heavy atom. The molecular formula is C20H23N5O2. The predicted octanol–water partition coefficient (Wildman–Crippen LogP) is 2.19. The van der Waals surface area contributed by atoms with Crippen LogP contribution in [0.25, 0.3) is 5.52 Å². The molecule has 140 valence electrons. The molecule has 3 aromatic rings. The van der Waals surface area contributed by atoms with Crippen LogP contribution in [0.2, 0.25) is 0 Å². The van der Waals surface area contributed by atoms with E-state index in [0.29, 0.717) is 23.7 Å². The highest BCUT2D eigenvalue weighted by Gasteiger charge is 2.18. The van der Waals surface area contributed by atoms with E-state index in [1.54, 1.807) is 29.2 Å². The van der Waals surface area contributed by atoms with Gasteiger partial charge in [-0.1, -0.05) is 12.1 Å². The number of aromatic nitrogens is 3. The number of aliphatic hydroxyl groups excluding tert-OH is 1. The number of rotatable bonds is 5. The monoisotopic (exact) mass is 365 g/mol. The number of carbonyl (C=O) groups excluding carboxylic acids is 1. The van der Waals surface area contributed by atoms with Crippen molar-refractivity contribution in [1.29, 1.82) is 0 Å². The van der Waals surface area contributed by atoms with Gasteiger partial charge in [0.25, 0.3) is 5.91 Å². The molecule has 1 aliphatic rings. The van der Waals surface area contributed by atoms with Crippen molar-refractivity contribution >= 4 is 17.1 Å². The molecule has 0 unspecified atom stereocenters. The van der Waals surface area contributed by atoms with E-state index < -0.39 is 0 Å². The van der Waals surface area contributed by atoms with E-state index in [2.05, 4.69) is 20.3 Å². The van der Waals surface area contributed by atoms with Crippen molar-refractivity contribution in [2.24, 2.45) is 5.92 Å². The summed E-state index contributed by atoms with van der Waals surface area (Å²) in [5.41, 5.74) is 2.99. The molecule has 0 radical (unpaired) electrons. The largest absolute Gasteiger partial charge is 0.396 e. The third-order valence-electron chi connectivity index (χ3n) is 5.12. The van der Waals surface area contributed by atoms with Gasteiger partial charge in [0.05, 0.1) is 11.7 Å². The maximum atomic E-state index is 12.5. The van der Waals surface area contributed by atoms with Crippen LogP contribution in [0, 0.1) is 5.92 Å². The van der Waals surface area contributed by atoms with Crippen LogP contribution in [0.15, 0.2) is 48.9 Å². The van der Waals surface area contributed by atoms with Gasteiger partial charge in [-0.2, -0.15) is 5.10 Å². The highest BCUT2D eigenvalue weighted by Crippen LogP contribution is 2.19. The lowest BCUT2D eigenvalue weighted by Gasteiger charge is -2.31. The first kappa shape index (κ1) is 17.6. The lowest BCUT2D eigenvalue weighted by molar-refractivity contribution is 0.102. The molecule has 0 bridgehead atoms. The van der Waals surface area contributed by atoms with Gasteiger partial charge in [0.15, 0.2) is 5.69 Å². The smallest absolute Gasteiger partial charge is 0.276 e. The molecule has 3 heterocycles. The number of hydrogen-bond acceptors (Lipinski definition) is 5. The average molecular weight is 365 g/mol. The number of fused-ring (bicyclic) bond motifs is 1. The number of benzene rings is 1. The summed E-state index contributed by atoms with van der Waals surface area (Å²) in [6.07, 6.45) is 7.03. The van der Waals surface area contributed by atoms with Crippen molar-refractivity contribution < 1.29 is 9.90 Å². The van der Waals surface area contributed by atoms with E-state index in [0.717, 1.165) is 38.2 Å². The Bertz CT molecular complexity index is 914. The van der Waals surface area contributed by atoms with Crippen LogP contribution in [0.5, 0.6) is 0 Å². The summed E-state index contributed by atoms with van der Waals surface area (Å²) in [6.45, 7) is 3.22. The maximum absolute atomic E-state index is 12.5. The molecule has 4 rings (SSSR count). The van der Waals surface area contributed by atoms with Crippen LogP contribution in [0.1, 0.15) is 28.9 Å². The number of nitrogens with zero attached hydrogens (tertiary/aromatic N) is 4. The first-order valence-electron chi connectivity index (χ1n) is 9.25. The maximum Gasteiger partial charge on any atom is 0.276 e. The highest BCUT2D eigenvalue weighted by molar-refractivity contribution is 6.07. The van der Waals surface area contributed by atoms with E-state index in [9.17, 15) is 9.90 Å². The fourth-order valence-electron chi connectivity index (χ4n) is 3.50. The third-order valence-corrected chi connectivity index (χ3v) is 5.12. The Balaban J connectivity index is 1.38. The zero-order valence-electron chi connectivity index (χ0n) is 15.1. The van der Waals surface area contributed by atoms with Gasteiger partial charge in [-0.25, -0.2) is 9.50 Å². The van der Waals surface area contributed by atoms with Crippen LogP contribution in [0.4, 0.5) is 5.69 Å². The van der Waals surface area contributed by atoms with E-state index in [4.69, 9.17) is 0 Å². The number of aliphatic hydroxyl groups is 1. The number of piperidine rings is 1. The van der Waals surface area contributed by atoms with E-state index in [1.165, 1.54) is 5.56 Å². The summed E-state index contributed by atoms with van der Waals surface area (Å²) in [6, 6.07) is 9.70. The summed E-state index contributed by atoms with van der Waals surface area (Å²) in [4.78, 5) is 19.1. The number of hydrogen-bond donors (Lipinski definition) is 2. The van der Waals surface area contributed by atoms with Crippen molar-refractivity contribution in [3.05, 3.63) is 60.2 Å². The van der Waals surface area contributed by atoms with Crippen LogP contribution < -0.4 is 5.32 Å². The fourth-order valence-corrected chi connectivity index (χ4v) is 3.50. The first-order chi connectivity index (χ1) is 13.2. The third kappa shape index (κ3) is 3.99. The average Bonchev–Trinajstić information content (AvgIpc) is 3.19. The topological polar surface area (TPSA) is 82.8 Å². The van der Waals surface area contributed by atoms with Crippen molar-refractivity contribution in [2.75, 3.05) is 25.0 Å². The summed E-state index contributed by atoms with van der Waals surface area (Å²) in [5, 5.41) is 16.3. The highest BCUT2D eigenvalue weighted by atomic mass is 16.3. The van der Waals surface area contributed by atoms with Gasteiger partial charge in [-0.05, 0) is 55.6 Å². The molecule has 1 fully saturated rings. The molecule has 7 heteroatoms. The van der Waals surface area contributed by atoms with E-state index in [-0.39, 0.29) is 5.91 Å². The number of anilines is 1. The predicted molar refractivity (Wildman–Crippen MR) is 102 cm³/mol. The summed E-state index contributed by atoms with van der Waals surface area (Å²) in [7, 11) is 0. The molecule has 1 aliphatic heterocycles. The van der Waals surface area contributed by atoms with E-state index in [1.807, 2.05) is 24.3 Å². The molecule has 0 saturated carbocycles.